The summed E-state index contributed by atoms with van der Waals surface area (Å²) in [6.45, 7) is 1.85. The predicted octanol–water partition coefficient (Wildman–Crippen LogP) is 3.26. The van der Waals surface area contributed by atoms with E-state index in [9.17, 15) is 0 Å². The molecule has 74 valence electrons. The van der Waals surface area contributed by atoms with Gasteiger partial charge in [0.2, 0.25) is 0 Å². The molecule has 0 saturated heterocycles. The normalized spacial score (nSPS) is 11.0. The van der Waals surface area contributed by atoms with E-state index in [1.165, 1.54) is 0 Å². The minimum Gasteiger partial charge on any atom is -0.441 e. The minimum atomic E-state index is 0.696. The molecule has 3 rings (SSSR count). The molecule has 0 bridgehead atoms. The average molecular weight is 216 g/mol. The van der Waals surface area contributed by atoms with Crippen molar-refractivity contribution in [2.24, 2.45) is 0 Å². The van der Waals surface area contributed by atoms with Crippen molar-refractivity contribution >= 4 is 22.4 Å². The van der Waals surface area contributed by atoms with E-state index < -0.39 is 0 Å². The number of rotatable bonds is 1. The van der Waals surface area contributed by atoms with Crippen LogP contribution in [-0.2, 0) is 0 Å². The molecular formula is C11H8N2OS. The largest absolute Gasteiger partial charge is 0.441 e. The van der Waals surface area contributed by atoms with E-state index in [1.54, 1.807) is 17.5 Å². The van der Waals surface area contributed by atoms with Gasteiger partial charge in [-0.3, -0.25) is 0 Å². The number of oxazole rings is 1. The fourth-order valence-corrected chi connectivity index (χ4v) is 2.18. The summed E-state index contributed by atoms with van der Waals surface area (Å²) >= 11 is 1.62. The Kier molecular flexibility index (Phi) is 1.82. The fourth-order valence-electron chi connectivity index (χ4n) is 1.54. The Morgan fingerprint density at radius 1 is 1.33 bits per heavy atom. The number of aryl methyl sites for hydroxylation is 1. The number of fused-ring (bicyclic) bond motifs is 1. The molecule has 3 aromatic rings. The maximum absolute atomic E-state index is 5.41. The second-order valence-electron chi connectivity index (χ2n) is 3.25. The third kappa shape index (κ3) is 1.43. The summed E-state index contributed by atoms with van der Waals surface area (Å²) in [5.41, 5.74) is 2.80. The van der Waals surface area contributed by atoms with Gasteiger partial charge in [-0.1, -0.05) is 0 Å². The average Bonchev–Trinajstić information content (AvgIpc) is 2.82. The van der Waals surface area contributed by atoms with Crippen molar-refractivity contribution in [2.75, 3.05) is 0 Å². The molecule has 0 amide bonds. The topological polar surface area (TPSA) is 38.9 Å². The van der Waals surface area contributed by atoms with Crippen LogP contribution in [-0.4, -0.2) is 9.97 Å². The van der Waals surface area contributed by atoms with Crippen LogP contribution in [0.3, 0.4) is 0 Å². The van der Waals surface area contributed by atoms with Gasteiger partial charge in [-0.25, -0.2) is 9.97 Å². The number of aromatic nitrogens is 2. The highest BCUT2D eigenvalue weighted by Crippen LogP contribution is 2.25. The van der Waals surface area contributed by atoms with E-state index in [0.717, 1.165) is 21.7 Å². The molecule has 1 aromatic carbocycles. The molecule has 0 unspecified atom stereocenters. The van der Waals surface area contributed by atoms with Gasteiger partial charge in [0.15, 0.2) is 11.5 Å². The third-order valence-corrected chi connectivity index (χ3v) is 3.00. The van der Waals surface area contributed by atoms with Crippen LogP contribution in [0.2, 0.25) is 0 Å². The lowest BCUT2D eigenvalue weighted by atomic mass is 10.2. The summed E-state index contributed by atoms with van der Waals surface area (Å²) in [5.74, 6) is 0.696. The van der Waals surface area contributed by atoms with Gasteiger partial charge in [0, 0.05) is 24.1 Å². The Hall–Kier alpha value is -1.68. The molecule has 0 fully saturated rings. The summed E-state index contributed by atoms with van der Waals surface area (Å²) in [5, 5.41) is 2.98. The number of benzene rings is 1. The first-order chi connectivity index (χ1) is 7.33. The van der Waals surface area contributed by atoms with Gasteiger partial charge in [-0.15, -0.1) is 11.3 Å². The Bertz CT molecular complexity index is 598. The van der Waals surface area contributed by atoms with Crippen LogP contribution < -0.4 is 0 Å². The lowest BCUT2D eigenvalue weighted by Gasteiger charge is -1.94. The molecule has 0 aliphatic rings. The summed E-state index contributed by atoms with van der Waals surface area (Å²) in [7, 11) is 0. The van der Waals surface area contributed by atoms with E-state index >= 15 is 0 Å². The lowest BCUT2D eigenvalue weighted by molar-refractivity contribution is 0.561. The molecule has 2 heterocycles. The van der Waals surface area contributed by atoms with Gasteiger partial charge in [0.25, 0.3) is 0 Å². The van der Waals surface area contributed by atoms with Crippen molar-refractivity contribution in [1.29, 1.82) is 0 Å². The number of hydrogen-bond donors (Lipinski definition) is 0. The highest BCUT2D eigenvalue weighted by atomic mass is 32.1. The first-order valence-electron chi connectivity index (χ1n) is 4.60. The summed E-state index contributed by atoms with van der Waals surface area (Å²) in [6, 6.07) is 5.95. The highest BCUT2D eigenvalue weighted by molar-refractivity contribution is 7.13. The van der Waals surface area contributed by atoms with Gasteiger partial charge < -0.3 is 4.42 Å². The summed E-state index contributed by atoms with van der Waals surface area (Å²) in [6.07, 6.45) is 1.80. The summed E-state index contributed by atoms with van der Waals surface area (Å²) < 4.78 is 5.41. The molecular weight excluding hydrogens is 208 g/mol. The van der Waals surface area contributed by atoms with Gasteiger partial charge >= 0.3 is 0 Å². The standard InChI is InChI=1S/C11H8N2OS/c1-7-13-9-6-8(2-3-10(9)14-7)11-12-4-5-15-11/h2-6H,1H3. The Morgan fingerprint density at radius 3 is 3.07 bits per heavy atom. The molecule has 0 N–H and O–H groups in total. The lowest BCUT2D eigenvalue weighted by Crippen LogP contribution is -1.75. The van der Waals surface area contributed by atoms with E-state index in [1.807, 2.05) is 30.5 Å². The smallest absolute Gasteiger partial charge is 0.192 e. The maximum atomic E-state index is 5.41. The molecule has 0 atom stereocenters. The molecule has 0 saturated carbocycles. The fraction of sp³-hybridized carbons (Fsp3) is 0.0909. The summed E-state index contributed by atoms with van der Waals surface area (Å²) in [4.78, 5) is 8.55. The van der Waals surface area contributed by atoms with Crippen LogP contribution in [0.5, 0.6) is 0 Å². The zero-order chi connectivity index (χ0) is 10.3. The van der Waals surface area contributed by atoms with Crippen molar-refractivity contribution in [1.82, 2.24) is 9.97 Å². The number of thiazole rings is 1. The molecule has 2 aromatic heterocycles. The quantitative estimate of drug-likeness (QED) is 0.626. The van der Waals surface area contributed by atoms with Crippen molar-refractivity contribution < 1.29 is 4.42 Å². The van der Waals surface area contributed by atoms with E-state index in [2.05, 4.69) is 9.97 Å². The van der Waals surface area contributed by atoms with E-state index in [4.69, 9.17) is 4.42 Å². The van der Waals surface area contributed by atoms with E-state index in [-0.39, 0.29) is 0 Å². The van der Waals surface area contributed by atoms with Gasteiger partial charge in [0.1, 0.15) is 10.5 Å². The Morgan fingerprint density at radius 2 is 2.27 bits per heavy atom. The van der Waals surface area contributed by atoms with E-state index in [0.29, 0.717) is 5.89 Å². The van der Waals surface area contributed by atoms with Crippen molar-refractivity contribution in [3.8, 4) is 10.6 Å². The molecule has 0 aliphatic carbocycles. The first-order valence-corrected chi connectivity index (χ1v) is 5.48. The van der Waals surface area contributed by atoms with Crippen molar-refractivity contribution in [3.05, 3.63) is 35.7 Å². The predicted molar refractivity (Wildman–Crippen MR) is 59.9 cm³/mol. The Balaban J connectivity index is 2.21. The van der Waals surface area contributed by atoms with Crippen LogP contribution in [0.4, 0.5) is 0 Å². The second-order valence-corrected chi connectivity index (χ2v) is 4.15. The monoisotopic (exact) mass is 216 g/mol. The van der Waals surface area contributed by atoms with Gasteiger partial charge in [-0.2, -0.15) is 0 Å². The molecule has 0 spiro atoms. The number of hydrogen-bond acceptors (Lipinski definition) is 4. The minimum absolute atomic E-state index is 0.696. The highest BCUT2D eigenvalue weighted by Gasteiger charge is 2.05. The van der Waals surface area contributed by atoms with Crippen LogP contribution in [0.25, 0.3) is 21.7 Å². The molecule has 15 heavy (non-hydrogen) atoms. The van der Waals surface area contributed by atoms with Gasteiger partial charge in [-0.05, 0) is 18.2 Å². The van der Waals surface area contributed by atoms with Crippen molar-refractivity contribution in [3.63, 3.8) is 0 Å². The van der Waals surface area contributed by atoms with Gasteiger partial charge in [0.05, 0.1) is 0 Å². The van der Waals surface area contributed by atoms with Crippen molar-refractivity contribution in [2.45, 2.75) is 6.92 Å². The molecule has 3 nitrogen and oxygen atoms in total. The molecule has 4 heteroatoms. The Labute approximate surface area is 90.4 Å². The zero-order valence-electron chi connectivity index (χ0n) is 8.10. The third-order valence-electron chi connectivity index (χ3n) is 2.17. The first kappa shape index (κ1) is 8.61. The molecule has 0 radical (unpaired) electrons. The zero-order valence-corrected chi connectivity index (χ0v) is 8.91. The molecule has 0 aliphatic heterocycles. The van der Waals surface area contributed by atoms with Crippen LogP contribution in [0.1, 0.15) is 5.89 Å². The number of nitrogens with zero attached hydrogens (tertiary/aromatic N) is 2. The SMILES string of the molecule is Cc1nc2cc(-c3nccs3)ccc2o1. The van der Waals surface area contributed by atoms with Crippen LogP contribution in [0, 0.1) is 6.92 Å². The maximum Gasteiger partial charge on any atom is 0.192 e. The second kappa shape index (κ2) is 3.17. The van der Waals surface area contributed by atoms with Crippen LogP contribution >= 0.6 is 11.3 Å². The van der Waals surface area contributed by atoms with Crippen LogP contribution in [0.15, 0.2) is 34.2 Å².